The molecule has 2 saturated carbocycles. The van der Waals surface area contributed by atoms with Gasteiger partial charge < -0.3 is 14.9 Å². The summed E-state index contributed by atoms with van der Waals surface area (Å²) < 4.78 is 5.58. The maximum absolute atomic E-state index is 12.0. The Bertz CT molecular complexity index is 396. The molecule has 0 bridgehead atoms. The van der Waals surface area contributed by atoms with Crippen molar-refractivity contribution in [3.8, 4) is 0 Å². The molecule has 4 nitrogen and oxygen atoms in total. The van der Waals surface area contributed by atoms with Crippen LogP contribution in [0.3, 0.4) is 0 Å². The van der Waals surface area contributed by atoms with Crippen molar-refractivity contribution in [2.24, 2.45) is 23.2 Å². The fourth-order valence-electron chi connectivity index (χ4n) is 4.57. The number of fused-ring (bicyclic) bond motifs is 1. The Kier molecular flexibility index (Phi) is 3.57. The third-order valence-corrected chi connectivity index (χ3v) is 6.15. The molecule has 7 atom stereocenters. The Morgan fingerprint density at radius 1 is 1.25 bits per heavy atom. The number of ether oxygens (including phenoxy) is 1. The van der Waals surface area contributed by atoms with Crippen LogP contribution in [0.2, 0.25) is 0 Å². The van der Waals surface area contributed by atoms with Crippen molar-refractivity contribution in [1.29, 1.82) is 0 Å². The highest BCUT2D eigenvalue weighted by Crippen LogP contribution is 2.54. The van der Waals surface area contributed by atoms with Crippen LogP contribution in [-0.4, -0.2) is 34.5 Å². The molecule has 0 radical (unpaired) electrons. The van der Waals surface area contributed by atoms with Crippen molar-refractivity contribution in [1.82, 2.24) is 0 Å². The van der Waals surface area contributed by atoms with Crippen molar-refractivity contribution >= 4 is 5.97 Å². The standard InChI is InChI=1S/C16H26O4/c1-9-5-12(17)4-3-11(9)7-16(15(18)19)8-14-13(20-14)6-10(16)2/h9-14,17H,3-8H2,1-2H3,(H,18,19). The van der Waals surface area contributed by atoms with Crippen LogP contribution in [-0.2, 0) is 9.53 Å². The second-order valence-electron chi connectivity index (χ2n) is 7.42. The predicted octanol–water partition coefficient (Wildman–Crippen LogP) is 2.44. The molecule has 3 aliphatic rings. The zero-order valence-electron chi connectivity index (χ0n) is 12.4. The van der Waals surface area contributed by atoms with E-state index in [-0.39, 0.29) is 18.1 Å². The van der Waals surface area contributed by atoms with Crippen LogP contribution in [0.4, 0.5) is 0 Å². The highest BCUT2D eigenvalue weighted by Gasteiger charge is 2.58. The van der Waals surface area contributed by atoms with E-state index in [2.05, 4.69) is 13.8 Å². The minimum atomic E-state index is -0.641. The first-order valence-corrected chi connectivity index (χ1v) is 7.99. The van der Waals surface area contributed by atoms with Crippen molar-refractivity contribution in [2.45, 2.75) is 70.7 Å². The van der Waals surface area contributed by atoms with E-state index in [1.165, 1.54) is 0 Å². The van der Waals surface area contributed by atoms with Gasteiger partial charge in [-0.05, 0) is 56.3 Å². The zero-order valence-corrected chi connectivity index (χ0v) is 12.4. The number of aliphatic hydroxyl groups is 1. The summed E-state index contributed by atoms with van der Waals surface area (Å²) in [6.07, 6.45) is 5.24. The molecular weight excluding hydrogens is 256 g/mol. The van der Waals surface area contributed by atoms with Crippen LogP contribution in [0, 0.1) is 23.2 Å². The fraction of sp³-hybridized carbons (Fsp3) is 0.938. The summed E-state index contributed by atoms with van der Waals surface area (Å²) in [4.78, 5) is 12.0. The Hall–Kier alpha value is -0.610. The lowest BCUT2D eigenvalue weighted by Crippen LogP contribution is -2.45. The first kappa shape index (κ1) is 14.3. The van der Waals surface area contributed by atoms with Crippen LogP contribution >= 0.6 is 0 Å². The van der Waals surface area contributed by atoms with E-state index in [1.54, 1.807) is 0 Å². The Morgan fingerprint density at radius 3 is 2.65 bits per heavy atom. The molecule has 4 heteroatoms. The van der Waals surface area contributed by atoms with Crippen molar-refractivity contribution in [2.75, 3.05) is 0 Å². The molecule has 3 rings (SSSR count). The van der Waals surface area contributed by atoms with Crippen molar-refractivity contribution in [3.05, 3.63) is 0 Å². The molecule has 7 unspecified atom stereocenters. The predicted molar refractivity (Wildman–Crippen MR) is 74.3 cm³/mol. The molecule has 2 aliphatic carbocycles. The number of carbonyl (C=O) groups is 1. The van der Waals surface area contributed by atoms with E-state index < -0.39 is 11.4 Å². The van der Waals surface area contributed by atoms with E-state index in [9.17, 15) is 15.0 Å². The smallest absolute Gasteiger partial charge is 0.310 e. The topological polar surface area (TPSA) is 70.1 Å². The molecule has 114 valence electrons. The minimum Gasteiger partial charge on any atom is -0.481 e. The van der Waals surface area contributed by atoms with E-state index in [0.29, 0.717) is 24.4 Å². The highest BCUT2D eigenvalue weighted by atomic mass is 16.6. The second-order valence-corrected chi connectivity index (χ2v) is 7.42. The van der Waals surface area contributed by atoms with Gasteiger partial charge in [-0.15, -0.1) is 0 Å². The van der Waals surface area contributed by atoms with Gasteiger partial charge in [0, 0.05) is 0 Å². The highest BCUT2D eigenvalue weighted by molar-refractivity contribution is 5.75. The normalized spacial score (nSPS) is 51.4. The molecule has 1 aliphatic heterocycles. The number of hydrogen-bond acceptors (Lipinski definition) is 3. The SMILES string of the molecule is CC1CC(O)CCC1CC1(C(=O)O)CC2OC2CC1C. The Morgan fingerprint density at radius 2 is 2.00 bits per heavy atom. The van der Waals surface area contributed by atoms with Gasteiger partial charge >= 0.3 is 5.97 Å². The van der Waals surface area contributed by atoms with Crippen molar-refractivity contribution in [3.63, 3.8) is 0 Å². The molecule has 0 aromatic carbocycles. The van der Waals surface area contributed by atoms with Gasteiger partial charge in [0.2, 0.25) is 0 Å². The molecule has 0 aromatic rings. The number of aliphatic hydroxyl groups excluding tert-OH is 1. The summed E-state index contributed by atoms with van der Waals surface area (Å²) in [5, 5.41) is 19.6. The van der Waals surface area contributed by atoms with E-state index in [1.807, 2.05) is 0 Å². The lowest BCUT2D eigenvalue weighted by molar-refractivity contribution is -0.156. The van der Waals surface area contributed by atoms with Gasteiger partial charge in [-0.3, -0.25) is 4.79 Å². The van der Waals surface area contributed by atoms with E-state index >= 15 is 0 Å². The van der Waals surface area contributed by atoms with Crippen LogP contribution in [0.1, 0.15) is 52.4 Å². The summed E-state index contributed by atoms with van der Waals surface area (Å²) in [6.45, 7) is 4.24. The van der Waals surface area contributed by atoms with Gasteiger partial charge in [0.05, 0.1) is 23.7 Å². The lowest BCUT2D eigenvalue weighted by atomic mass is 9.60. The average Bonchev–Trinajstić information content (AvgIpc) is 3.10. The second kappa shape index (κ2) is 4.99. The van der Waals surface area contributed by atoms with E-state index in [0.717, 1.165) is 32.1 Å². The third-order valence-electron chi connectivity index (χ3n) is 6.15. The summed E-state index contributed by atoms with van der Waals surface area (Å²) in [6, 6.07) is 0. The number of hydrogen-bond donors (Lipinski definition) is 2. The molecule has 2 N–H and O–H groups in total. The summed E-state index contributed by atoms with van der Waals surface area (Å²) >= 11 is 0. The van der Waals surface area contributed by atoms with Gasteiger partial charge in [0.25, 0.3) is 0 Å². The number of aliphatic carboxylic acids is 1. The number of carboxylic acids is 1. The van der Waals surface area contributed by atoms with Crippen LogP contribution in [0.25, 0.3) is 0 Å². The van der Waals surface area contributed by atoms with Gasteiger partial charge in [0.1, 0.15) is 0 Å². The molecule has 1 heterocycles. The lowest BCUT2D eigenvalue weighted by Gasteiger charge is -2.43. The largest absolute Gasteiger partial charge is 0.481 e. The van der Waals surface area contributed by atoms with Crippen LogP contribution in [0.15, 0.2) is 0 Å². The Balaban J connectivity index is 1.75. The van der Waals surface area contributed by atoms with E-state index in [4.69, 9.17) is 4.74 Å². The molecule has 3 fully saturated rings. The molecule has 0 aromatic heterocycles. The van der Waals surface area contributed by atoms with Crippen LogP contribution < -0.4 is 0 Å². The van der Waals surface area contributed by atoms with Crippen molar-refractivity contribution < 1.29 is 19.7 Å². The average molecular weight is 282 g/mol. The summed E-state index contributed by atoms with van der Waals surface area (Å²) in [5.74, 6) is 0.382. The van der Waals surface area contributed by atoms with Gasteiger partial charge in [-0.1, -0.05) is 13.8 Å². The number of rotatable bonds is 3. The summed E-state index contributed by atoms with van der Waals surface area (Å²) in [7, 11) is 0. The first-order chi connectivity index (χ1) is 9.42. The number of carboxylic acid groups (broad SMARTS) is 1. The van der Waals surface area contributed by atoms with Gasteiger partial charge in [-0.25, -0.2) is 0 Å². The molecular formula is C16H26O4. The fourth-order valence-corrected chi connectivity index (χ4v) is 4.57. The number of epoxide rings is 1. The quantitative estimate of drug-likeness (QED) is 0.780. The monoisotopic (exact) mass is 282 g/mol. The third kappa shape index (κ3) is 2.37. The molecule has 0 amide bonds. The maximum Gasteiger partial charge on any atom is 0.310 e. The zero-order chi connectivity index (χ0) is 14.5. The molecule has 1 saturated heterocycles. The maximum atomic E-state index is 12.0. The summed E-state index contributed by atoms with van der Waals surface area (Å²) in [5.41, 5.74) is -0.612. The van der Waals surface area contributed by atoms with Gasteiger partial charge in [-0.2, -0.15) is 0 Å². The Labute approximate surface area is 120 Å². The van der Waals surface area contributed by atoms with Gasteiger partial charge in [0.15, 0.2) is 0 Å². The first-order valence-electron chi connectivity index (χ1n) is 7.99. The van der Waals surface area contributed by atoms with Crippen LogP contribution in [0.5, 0.6) is 0 Å². The minimum absolute atomic E-state index is 0.183. The molecule has 20 heavy (non-hydrogen) atoms. The molecule has 0 spiro atoms.